The van der Waals surface area contributed by atoms with Crippen LogP contribution in [0.3, 0.4) is 0 Å². The zero-order valence-electron chi connectivity index (χ0n) is 19.1. The Hall–Kier alpha value is -1.64. The molecule has 2 N–H and O–H groups in total. The van der Waals surface area contributed by atoms with Crippen LogP contribution in [0, 0.1) is 17.8 Å². The number of nitrogens with zero attached hydrogens (tertiary/aromatic N) is 1. The van der Waals surface area contributed by atoms with Gasteiger partial charge in [0.25, 0.3) is 0 Å². The van der Waals surface area contributed by atoms with Crippen molar-refractivity contribution in [3.05, 3.63) is 66.3 Å². The van der Waals surface area contributed by atoms with Crippen molar-refractivity contribution in [1.29, 1.82) is 0 Å². The maximum atomic E-state index is 6.43. The van der Waals surface area contributed by atoms with Gasteiger partial charge >= 0.3 is 0 Å². The topological polar surface area (TPSA) is 29.3 Å². The van der Waals surface area contributed by atoms with E-state index < -0.39 is 0 Å². The van der Waals surface area contributed by atoms with E-state index in [1.807, 2.05) is 5.01 Å². The highest BCUT2D eigenvalue weighted by Crippen LogP contribution is 2.37. The van der Waals surface area contributed by atoms with Crippen LogP contribution in [0.2, 0.25) is 0 Å². The molecule has 1 aromatic carbocycles. The highest BCUT2D eigenvalue weighted by atomic mass is 15.4. The lowest BCUT2D eigenvalue weighted by Crippen LogP contribution is -2.46. The second-order valence-corrected chi connectivity index (χ2v) is 8.72. The number of nitrogens with two attached hydrogens (primary N) is 1. The lowest BCUT2D eigenvalue weighted by molar-refractivity contribution is 0.117. The van der Waals surface area contributed by atoms with Crippen LogP contribution in [-0.2, 0) is 0 Å². The number of hydrazine groups is 1. The number of benzene rings is 1. The van der Waals surface area contributed by atoms with Crippen molar-refractivity contribution in [3.63, 3.8) is 0 Å². The molecular formula is C27H42N2. The summed E-state index contributed by atoms with van der Waals surface area (Å²) in [5.41, 5.74) is 4.06. The molecule has 0 aliphatic heterocycles. The minimum Gasteiger partial charge on any atom is -0.269 e. The van der Waals surface area contributed by atoms with Crippen LogP contribution in [0.4, 0.5) is 0 Å². The molecule has 2 heteroatoms. The molecule has 2 nitrogen and oxygen atoms in total. The number of hydrogen-bond donors (Lipinski definition) is 1. The molecule has 4 atom stereocenters. The molecule has 2 rings (SSSR count). The molecule has 0 fully saturated rings. The van der Waals surface area contributed by atoms with Gasteiger partial charge in [0, 0.05) is 13.1 Å². The average Bonchev–Trinajstić information content (AvgIpc) is 2.74. The second kappa shape index (κ2) is 12.1. The monoisotopic (exact) mass is 394 g/mol. The normalized spacial score (nSPS) is 19.7. The van der Waals surface area contributed by atoms with Gasteiger partial charge in [0.05, 0.1) is 0 Å². The molecule has 0 spiro atoms. The van der Waals surface area contributed by atoms with Crippen LogP contribution in [0.1, 0.15) is 71.3 Å². The Balaban J connectivity index is 2.16. The van der Waals surface area contributed by atoms with Crippen molar-refractivity contribution in [3.8, 4) is 0 Å². The van der Waals surface area contributed by atoms with Crippen LogP contribution >= 0.6 is 0 Å². The molecule has 29 heavy (non-hydrogen) atoms. The van der Waals surface area contributed by atoms with Gasteiger partial charge in [-0.05, 0) is 61.0 Å². The lowest BCUT2D eigenvalue weighted by Gasteiger charge is -2.39. The fraction of sp³-hybridized carbons (Fsp3) is 0.556. The first kappa shape index (κ1) is 23.6. The summed E-state index contributed by atoms with van der Waals surface area (Å²) < 4.78 is 0. The van der Waals surface area contributed by atoms with Crippen LogP contribution in [-0.4, -0.2) is 18.1 Å². The van der Waals surface area contributed by atoms with Gasteiger partial charge in [-0.2, -0.15) is 0 Å². The fourth-order valence-corrected chi connectivity index (χ4v) is 4.91. The standard InChI is InChI=1S/C27H42N2/c1-6-12-21(4)22(8-3)20-27(29(5)28)26(13-7-2)25-18-16-24(17-19-25)23-14-10-9-11-15-23/h9-11,14-18,22,25-27H,4,6-8,12-13,19-20,28H2,1-3,5H3/t22?,25?,26?,27-/m0/s1. The van der Waals surface area contributed by atoms with Gasteiger partial charge in [-0.3, -0.25) is 5.84 Å². The lowest BCUT2D eigenvalue weighted by atomic mass is 9.74. The Morgan fingerprint density at radius 1 is 1.17 bits per heavy atom. The maximum Gasteiger partial charge on any atom is 0.0277 e. The summed E-state index contributed by atoms with van der Waals surface area (Å²) in [5, 5.41) is 1.99. The number of rotatable bonds is 12. The second-order valence-electron chi connectivity index (χ2n) is 8.72. The molecular weight excluding hydrogens is 352 g/mol. The zero-order chi connectivity index (χ0) is 21.2. The van der Waals surface area contributed by atoms with E-state index in [2.05, 4.69) is 83.0 Å². The van der Waals surface area contributed by atoms with E-state index in [0.29, 0.717) is 23.8 Å². The van der Waals surface area contributed by atoms with E-state index in [-0.39, 0.29) is 0 Å². The summed E-state index contributed by atoms with van der Waals surface area (Å²) in [6.45, 7) is 11.2. The van der Waals surface area contributed by atoms with Gasteiger partial charge in [-0.15, -0.1) is 0 Å². The predicted molar refractivity (Wildman–Crippen MR) is 128 cm³/mol. The van der Waals surface area contributed by atoms with Gasteiger partial charge in [0.2, 0.25) is 0 Å². The summed E-state index contributed by atoms with van der Waals surface area (Å²) in [6.07, 6.45) is 15.3. The van der Waals surface area contributed by atoms with E-state index in [1.165, 1.54) is 36.0 Å². The minimum absolute atomic E-state index is 0.384. The van der Waals surface area contributed by atoms with E-state index in [1.54, 1.807) is 0 Å². The first-order valence-corrected chi connectivity index (χ1v) is 11.6. The van der Waals surface area contributed by atoms with Crippen molar-refractivity contribution in [1.82, 2.24) is 5.01 Å². The third-order valence-corrected chi connectivity index (χ3v) is 6.60. The molecule has 0 aromatic heterocycles. The van der Waals surface area contributed by atoms with E-state index in [9.17, 15) is 0 Å². The molecule has 0 saturated carbocycles. The molecule has 160 valence electrons. The van der Waals surface area contributed by atoms with E-state index in [0.717, 1.165) is 25.7 Å². The molecule has 1 aromatic rings. The van der Waals surface area contributed by atoms with Gasteiger partial charge < -0.3 is 0 Å². The van der Waals surface area contributed by atoms with Gasteiger partial charge in [0.1, 0.15) is 0 Å². The summed E-state index contributed by atoms with van der Waals surface area (Å²) in [4.78, 5) is 0. The highest BCUT2D eigenvalue weighted by Gasteiger charge is 2.32. The Bertz CT molecular complexity index is 671. The molecule has 0 saturated heterocycles. The van der Waals surface area contributed by atoms with Crippen molar-refractivity contribution in [2.24, 2.45) is 23.6 Å². The van der Waals surface area contributed by atoms with Gasteiger partial charge in [0.15, 0.2) is 0 Å². The Labute approximate surface area is 179 Å². The molecule has 1 aliphatic carbocycles. The molecule has 3 unspecified atom stereocenters. The largest absolute Gasteiger partial charge is 0.269 e. The summed E-state index contributed by atoms with van der Waals surface area (Å²) in [5.74, 6) is 8.12. The average molecular weight is 395 g/mol. The zero-order valence-corrected chi connectivity index (χ0v) is 19.1. The maximum absolute atomic E-state index is 6.43. The smallest absolute Gasteiger partial charge is 0.0277 e. The Kier molecular flexibility index (Phi) is 9.90. The molecule has 0 amide bonds. The molecule has 0 heterocycles. The quantitative estimate of drug-likeness (QED) is 0.235. The fourth-order valence-electron chi connectivity index (χ4n) is 4.91. The Morgan fingerprint density at radius 2 is 1.90 bits per heavy atom. The minimum atomic E-state index is 0.384. The summed E-state index contributed by atoms with van der Waals surface area (Å²) >= 11 is 0. The van der Waals surface area contributed by atoms with Crippen LogP contribution in [0.5, 0.6) is 0 Å². The van der Waals surface area contributed by atoms with Crippen molar-refractivity contribution < 1.29 is 0 Å². The Morgan fingerprint density at radius 3 is 2.41 bits per heavy atom. The van der Waals surface area contributed by atoms with Gasteiger partial charge in [-0.25, -0.2) is 5.01 Å². The molecule has 1 aliphatic rings. The summed E-state index contributed by atoms with van der Waals surface area (Å²) in [7, 11) is 2.06. The highest BCUT2D eigenvalue weighted by molar-refractivity contribution is 5.74. The van der Waals surface area contributed by atoms with E-state index in [4.69, 9.17) is 5.84 Å². The molecule has 0 radical (unpaired) electrons. The van der Waals surface area contributed by atoms with Crippen molar-refractivity contribution in [2.75, 3.05) is 7.05 Å². The first-order valence-electron chi connectivity index (χ1n) is 11.6. The van der Waals surface area contributed by atoms with Crippen LogP contribution < -0.4 is 5.84 Å². The SMILES string of the molecule is C=C(CCC)C(CC)C[C@@H](C(CCC)C1C=CC(c2ccccc2)=CC1)N(C)N. The molecule has 0 bridgehead atoms. The van der Waals surface area contributed by atoms with E-state index >= 15 is 0 Å². The third kappa shape index (κ3) is 6.69. The van der Waals surface area contributed by atoms with Gasteiger partial charge in [-0.1, -0.05) is 94.3 Å². The van der Waals surface area contributed by atoms with Crippen molar-refractivity contribution >= 4 is 5.57 Å². The van der Waals surface area contributed by atoms with Crippen molar-refractivity contribution in [2.45, 2.75) is 71.8 Å². The predicted octanol–water partition coefficient (Wildman–Crippen LogP) is 7.01. The summed E-state index contributed by atoms with van der Waals surface area (Å²) in [6, 6.07) is 11.1. The number of allylic oxidation sites excluding steroid dienone is 5. The third-order valence-electron chi connectivity index (χ3n) is 6.60. The number of hydrogen-bond acceptors (Lipinski definition) is 2. The first-order chi connectivity index (χ1) is 14.0. The van der Waals surface area contributed by atoms with Crippen LogP contribution in [0.25, 0.3) is 5.57 Å². The van der Waals surface area contributed by atoms with Crippen LogP contribution in [0.15, 0.2) is 60.7 Å².